The molecule has 1 heterocycles. The molecular weight excluding hydrogens is 274 g/mol. The first kappa shape index (κ1) is 14.2. The van der Waals surface area contributed by atoms with Crippen molar-refractivity contribution >= 4 is 10.0 Å². The summed E-state index contributed by atoms with van der Waals surface area (Å²) in [6.45, 7) is 0.208. The smallest absolute Gasteiger partial charge is 0.216 e. The molecule has 0 amide bonds. The number of benzene rings is 1. The van der Waals surface area contributed by atoms with Gasteiger partial charge in [0.1, 0.15) is 0 Å². The van der Waals surface area contributed by atoms with Gasteiger partial charge in [-0.25, -0.2) is 13.1 Å². The second-order valence-corrected chi connectivity index (χ2v) is 6.01. The van der Waals surface area contributed by atoms with Gasteiger partial charge in [-0.2, -0.15) is 5.26 Å². The molecule has 102 valence electrons. The van der Waals surface area contributed by atoms with Gasteiger partial charge in [0.2, 0.25) is 10.0 Å². The van der Waals surface area contributed by atoms with Gasteiger partial charge >= 0.3 is 0 Å². The SMILES string of the molecule is N#Cc1ccccc1CS(=O)(=O)NCc1ccncc1. The fraction of sp³-hybridized carbons (Fsp3) is 0.143. The highest BCUT2D eigenvalue weighted by Crippen LogP contribution is 2.11. The molecule has 1 aromatic heterocycles. The van der Waals surface area contributed by atoms with Gasteiger partial charge in [0.25, 0.3) is 0 Å². The van der Waals surface area contributed by atoms with Crippen molar-refractivity contribution < 1.29 is 8.42 Å². The van der Waals surface area contributed by atoms with Gasteiger partial charge in [-0.3, -0.25) is 4.98 Å². The van der Waals surface area contributed by atoms with Crippen LogP contribution in [-0.2, 0) is 22.3 Å². The molecule has 20 heavy (non-hydrogen) atoms. The number of rotatable bonds is 5. The van der Waals surface area contributed by atoms with E-state index in [1.165, 1.54) is 0 Å². The zero-order valence-corrected chi connectivity index (χ0v) is 11.5. The van der Waals surface area contributed by atoms with Crippen molar-refractivity contribution in [2.45, 2.75) is 12.3 Å². The van der Waals surface area contributed by atoms with E-state index in [0.717, 1.165) is 5.56 Å². The molecule has 1 aromatic carbocycles. The van der Waals surface area contributed by atoms with Crippen molar-refractivity contribution in [3.63, 3.8) is 0 Å². The third-order valence-corrected chi connectivity index (χ3v) is 4.00. The third kappa shape index (κ3) is 3.88. The van der Waals surface area contributed by atoms with E-state index in [2.05, 4.69) is 9.71 Å². The number of pyridine rings is 1. The first-order chi connectivity index (χ1) is 9.61. The number of hydrogen-bond acceptors (Lipinski definition) is 4. The van der Waals surface area contributed by atoms with Gasteiger partial charge in [0.15, 0.2) is 0 Å². The van der Waals surface area contributed by atoms with Crippen LogP contribution in [0.2, 0.25) is 0 Å². The van der Waals surface area contributed by atoms with Crippen molar-refractivity contribution in [3.05, 3.63) is 65.5 Å². The maximum absolute atomic E-state index is 12.0. The van der Waals surface area contributed by atoms with Crippen LogP contribution in [0.25, 0.3) is 0 Å². The fourth-order valence-electron chi connectivity index (χ4n) is 1.70. The van der Waals surface area contributed by atoms with Crippen molar-refractivity contribution in [1.29, 1.82) is 5.26 Å². The summed E-state index contributed by atoms with van der Waals surface area (Å²) in [5.41, 5.74) is 1.70. The highest BCUT2D eigenvalue weighted by atomic mass is 32.2. The van der Waals surface area contributed by atoms with Crippen molar-refractivity contribution in [2.75, 3.05) is 0 Å². The summed E-state index contributed by atoms with van der Waals surface area (Å²) in [6.07, 6.45) is 3.21. The van der Waals surface area contributed by atoms with E-state index in [9.17, 15) is 8.42 Å². The Bertz CT molecular complexity index is 722. The normalized spacial score (nSPS) is 10.9. The van der Waals surface area contributed by atoms with E-state index in [1.54, 1.807) is 48.8 Å². The van der Waals surface area contributed by atoms with Crippen molar-refractivity contribution in [1.82, 2.24) is 9.71 Å². The highest BCUT2D eigenvalue weighted by molar-refractivity contribution is 7.88. The minimum absolute atomic E-state index is 0.207. The lowest BCUT2D eigenvalue weighted by Gasteiger charge is -2.07. The summed E-state index contributed by atoms with van der Waals surface area (Å²) in [4.78, 5) is 3.87. The fourth-order valence-corrected chi connectivity index (χ4v) is 2.85. The summed E-state index contributed by atoms with van der Waals surface area (Å²) in [5, 5.41) is 8.95. The van der Waals surface area contributed by atoms with Gasteiger partial charge in [-0.1, -0.05) is 18.2 Å². The number of sulfonamides is 1. The van der Waals surface area contributed by atoms with Crippen LogP contribution in [0.4, 0.5) is 0 Å². The lowest BCUT2D eigenvalue weighted by atomic mass is 10.1. The molecule has 0 saturated heterocycles. The van der Waals surface area contributed by atoms with Gasteiger partial charge in [0.05, 0.1) is 17.4 Å². The third-order valence-electron chi connectivity index (χ3n) is 2.73. The Balaban J connectivity index is 2.06. The predicted octanol–water partition coefficient (Wildman–Crippen LogP) is 1.57. The quantitative estimate of drug-likeness (QED) is 0.905. The lowest BCUT2D eigenvalue weighted by Crippen LogP contribution is -2.25. The van der Waals surface area contributed by atoms with Crippen LogP contribution in [0.1, 0.15) is 16.7 Å². The molecular formula is C14H13N3O2S. The minimum Gasteiger partial charge on any atom is -0.265 e. The van der Waals surface area contributed by atoms with Crippen molar-refractivity contribution in [3.8, 4) is 6.07 Å². The molecule has 0 aliphatic carbocycles. The van der Waals surface area contributed by atoms with Gasteiger partial charge in [0, 0.05) is 18.9 Å². The zero-order chi connectivity index (χ0) is 14.4. The molecule has 0 bridgehead atoms. The Kier molecular flexibility index (Phi) is 4.45. The molecule has 0 aliphatic heterocycles. The summed E-state index contributed by atoms with van der Waals surface area (Å²) < 4.78 is 26.5. The molecule has 0 radical (unpaired) electrons. The summed E-state index contributed by atoms with van der Waals surface area (Å²) in [6, 6.07) is 12.1. The monoisotopic (exact) mass is 287 g/mol. The minimum atomic E-state index is -3.49. The topological polar surface area (TPSA) is 82.8 Å². The number of hydrogen-bond donors (Lipinski definition) is 1. The number of nitrogens with one attached hydrogen (secondary N) is 1. The summed E-state index contributed by atoms with van der Waals surface area (Å²) in [5.74, 6) is -0.207. The predicted molar refractivity (Wildman–Crippen MR) is 74.9 cm³/mol. The molecule has 6 heteroatoms. The van der Waals surface area contributed by atoms with Crippen molar-refractivity contribution in [2.24, 2.45) is 0 Å². The summed E-state index contributed by atoms with van der Waals surface area (Å²) >= 11 is 0. The molecule has 2 aromatic rings. The molecule has 0 saturated carbocycles. The Labute approximate surface area is 118 Å². The average molecular weight is 287 g/mol. The number of nitriles is 1. The van der Waals surface area contributed by atoms with E-state index >= 15 is 0 Å². The lowest BCUT2D eigenvalue weighted by molar-refractivity contribution is 0.580. The van der Waals surface area contributed by atoms with Crippen LogP contribution in [0.3, 0.4) is 0 Å². The second-order valence-electron chi connectivity index (χ2n) is 4.20. The second kappa shape index (κ2) is 6.28. The van der Waals surface area contributed by atoms with E-state index in [4.69, 9.17) is 5.26 Å². The molecule has 0 aliphatic rings. The molecule has 1 N–H and O–H groups in total. The number of aromatic nitrogens is 1. The van der Waals surface area contributed by atoms with E-state index in [0.29, 0.717) is 11.1 Å². The van der Waals surface area contributed by atoms with Crippen LogP contribution in [0.15, 0.2) is 48.8 Å². The Morgan fingerprint density at radius 3 is 2.55 bits per heavy atom. The Morgan fingerprint density at radius 1 is 1.15 bits per heavy atom. The van der Waals surface area contributed by atoms with Crippen LogP contribution < -0.4 is 4.72 Å². The standard InChI is InChI=1S/C14H13N3O2S/c15-9-13-3-1-2-4-14(13)11-20(18,19)17-10-12-5-7-16-8-6-12/h1-8,17H,10-11H2. The molecule has 0 atom stereocenters. The van der Waals surface area contributed by atoms with E-state index < -0.39 is 10.0 Å². The molecule has 0 spiro atoms. The van der Waals surface area contributed by atoms with Gasteiger partial charge in [-0.05, 0) is 29.3 Å². The van der Waals surface area contributed by atoms with Crippen LogP contribution in [0, 0.1) is 11.3 Å². The maximum atomic E-state index is 12.0. The van der Waals surface area contributed by atoms with E-state index in [1.807, 2.05) is 6.07 Å². The Hall–Kier alpha value is -2.23. The summed E-state index contributed by atoms with van der Waals surface area (Å²) in [7, 11) is -3.49. The zero-order valence-electron chi connectivity index (χ0n) is 10.7. The van der Waals surface area contributed by atoms with E-state index in [-0.39, 0.29) is 12.3 Å². The maximum Gasteiger partial charge on any atom is 0.216 e. The van der Waals surface area contributed by atoms with Gasteiger partial charge < -0.3 is 0 Å². The molecule has 0 unspecified atom stereocenters. The molecule has 2 rings (SSSR count). The van der Waals surface area contributed by atoms with Gasteiger partial charge in [-0.15, -0.1) is 0 Å². The largest absolute Gasteiger partial charge is 0.265 e. The highest BCUT2D eigenvalue weighted by Gasteiger charge is 2.13. The average Bonchev–Trinajstić information content (AvgIpc) is 2.47. The molecule has 5 nitrogen and oxygen atoms in total. The first-order valence-corrected chi connectivity index (χ1v) is 7.60. The first-order valence-electron chi connectivity index (χ1n) is 5.95. The molecule has 0 fully saturated rings. The van der Waals surface area contributed by atoms with Crippen LogP contribution >= 0.6 is 0 Å². The van der Waals surface area contributed by atoms with Crippen LogP contribution in [-0.4, -0.2) is 13.4 Å². The number of nitrogens with zero attached hydrogens (tertiary/aromatic N) is 2. The Morgan fingerprint density at radius 2 is 1.85 bits per heavy atom. The van der Waals surface area contributed by atoms with Crippen LogP contribution in [0.5, 0.6) is 0 Å².